The molecule has 18 heavy (non-hydrogen) atoms. The number of carboxylic acid groups (broad SMARTS) is 1. The zero-order chi connectivity index (χ0) is 12.8. The smallest absolute Gasteiger partial charge is 0.336 e. The molecule has 0 unspecified atom stereocenters. The average Bonchev–Trinajstić information content (AvgIpc) is 2.40. The molecule has 0 amide bonds. The number of hydrogen-bond donors (Lipinski definition) is 1. The zero-order valence-corrected chi connectivity index (χ0v) is 9.74. The van der Waals surface area contributed by atoms with Crippen LogP contribution in [0.4, 0.5) is 0 Å². The minimum absolute atomic E-state index is 0.263. The van der Waals surface area contributed by atoms with Crippen molar-refractivity contribution in [3.8, 4) is 0 Å². The summed E-state index contributed by atoms with van der Waals surface area (Å²) in [6.45, 7) is 0.633. The van der Waals surface area contributed by atoms with Crippen LogP contribution in [0.25, 0.3) is 0 Å². The van der Waals surface area contributed by atoms with Gasteiger partial charge in [0, 0.05) is 6.20 Å². The second-order valence-corrected chi connectivity index (χ2v) is 3.78. The van der Waals surface area contributed by atoms with Gasteiger partial charge in [-0.2, -0.15) is 0 Å². The van der Waals surface area contributed by atoms with Crippen molar-refractivity contribution in [1.82, 2.24) is 4.98 Å². The summed E-state index contributed by atoms with van der Waals surface area (Å²) in [6.07, 6.45) is 1.70. The number of aromatic nitrogens is 1. The van der Waals surface area contributed by atoms with Crippen LogP contribution in [-0.4, -0.2) is 16.1 Å². The van der Waals surface area contributed by atoms with Gasteiger partial charge in [-0.1, -0.05) is 24.3 Å². The van der Waals surface area contributed by atoms with E-state index in [2.05, 4.69) is 4.98 Å². The predicted octanol–water partition coefficient (Wildman–Crippen LogP) is 2.50. The molecule has 0 fully saturated rings. The van der Waals surface area contributed by atoms with Crippen LogP contribution in [0.15, 0.2) is 48.7 Å². The highest BCUT2D eigenvalue weighted by Crippen LogP contribution is 2.11. The van der Waals surface area contributed by atoms with Crippen molar-refractivity contribution in [2.24, 2.45) is 0 Å². The molecule has 0 aliphatic carbocycles. The van der Waals surface area contributed by atoms with Crippen LogP contribution in [0.1, 0.15) is 21.6 Å². The fraction of sp³-hybridized carbons (Fsp3) is 0.143. The lowest BCUT2D eigenvalue weighted by molar-refractivity contribution is 0.0683. The Hall–Kier alpha value is -2.20. The molecular weight excluding hydrogens is 230 g/mol. The molecular formula is C14H13NO3. The highest BCUT2D eigenvalue weighted by atomic mass is 16.5. The van der Waals surface area contributed by atoms with E-state index in [9.17, 15) is 4.79 Å². The molecule has 1 heterocycles. The number of ether oxygens (including phenoxy) is 1. The minimum atomic E-state index is -0.938. The number of nitrogens with zero attached hydrogens (tertiary/aromatic N) is 1. The average molecular weight is 243 g/mol. The second-order valence-electron chi connectivity index (χ2n) is 3.78. The van der Waals surface area contributed by atoms with Crippen LogP contribution in [0, 0.1) is 0 Å². The van der Waals surface area contributed by atoms with E-state index in [0.717, 1.165) is 5.69 Å². The van der Waals surface area contributed by atoms with Crippen molar-refractivity contribution in [3.63, 3.8) is 0 Å². The van der Waals surface area contributed by atoms with Crippen LogP contribution >= 0.6 is 0 Å². The Morgan fingerprint density at radius 3 is 2.61 bits per heavy atom. The first kappa shape index (κ1) is 12.3. The summed E-state index contributed by atoms with van der Waals surface area (Å²) in [5.41, 5.74) is 1.77. The summed E-state index contributed by atoms with van der Waals surface area (Å²) < 4.78 is 5.47. The quantitative estimate of drug-likeness (QED) is 0.876. The maximum atomic E-state index is 11.0. The molecule has 2 aromatic rings. The van der Waals surface area contributed by atoms with Crippen molar-refractivity contribution >= 4 is 5.97 Å². The Balaban J connectivity index is 1.97. The minimum Gasteiger partial charge on any atom is -0.478 e. The Morgan fingerprint density at radius 2 is 1.89 bits per heavy atom. The number of carboxylic acids is 1. The van der Waals surface area contributed by atoms with Gasteiger partial charge in [0.25, 0.3) is 0 Å². The molecule has 0 bridgehead atoms. The van der Waals surface area contributed by atoms with E-state index >= 15 is 0 Å². The van der Waals surface area contributed by atoms with Crippen LogP contribution in [-0.2, 0) is 18.0 Å². The molecule has 1 N–H and O–H groups in total. The zero-order valence-electron chi connectivity index (χ0n) is 9.74. The number of rotatable bonds is 5. The summed E-state index contributed by atoms with van der Waals surface area (Å²) in [5, 5.41) is 9.01. The summed E-state index contributed by atoms with van der Waals surface area (Å²) in [5.74, 6) is -0.938. The Kier molecular flexibility index (Phi) is 4.04. The molecule has 0 aliphatic rings. The first-order valence-electron chi connectivity index (χ1n) is 5.56. The maximum absolute atomic E-state index is 11.0. The topological polar surface area (TPSA) is 59.4 Å². The summed E-state index contributed by atoms with van der Waals surface area (Å²) in [6, 6.07) is 12.4. The van der Waals surface area contributed by atoms with Crippen LogP contribution < -0.4 is 0 Å². The van der Waals surface area contributed by atoms with E-state index in [-0.39, 0.29) is 12.2 Å². The summed E-state index contributed by atoms with van der Waals surface area (Å²) >= 11 is 0. The lowest BCUT2D eigenvalue weighted by Crippen LogP contribution is -2.04. The fourth-order valence-corrected chi connectivity index (χ4v) is 1.60. The monoisotopic (exact) mass is 243 g/mol. The van der Waals surface area contributed by atoms with Crippen molar-refractivity contribution in [2.45, 2.75) is 13.2 Å². The van der Waals surface area contributed by atoms with E-state index in [1.165, 1.54) is 0 Å². The van der Waals surface area contributed by atoms with E-state index in [0.29, 0.717) is 12.2 Å². The van der Waals surface area contributed by atoms with Crippen molar-refractivity contribution < 1.29 is 14.6 Å². The number of carbonyl (C=O) groups is 1. The summed E-state index contributed by atoms with van der Waals surface area (Å²) in [7, 11) is 0. The van der Waals surface area contributed by atoms with E-state index in [1.54, 1.807) is 30.5 Å². The van der Waals surface area contributed by atoms with Crippen molar-refractivity contribution in [3.05, 3.63) is 65.5 Å². The van der Waals surface area contributed by atoms with Crippen molar-refractivity contribution in [2.75, 3.05) is 0 Å². The molecule has 92 valence electrons. The van der Waals surface area contributed by atoms with Gasteiger partial charge in [-0.3, -0.25) is 4.98 Å². The SMILES string of the molecule is O=C(O)c1ccccc1COCc1ccccn1. The molecule has 0 saturated heterocycles. The van der Waals surface area contributed by atoms with E-state index in [4.69, 9.17) is 9.84 Å². The second kappa shape index (κ2) is 5.93. The van der Waals surface area contributed by atoms with Gasteiger partial charge in [-0.05, 0) is 23.8 Å². The first-order chi connectivity index (χ1) is 8.77. The highest BCUT2D eigenvalue weighted by molar-refractivity contribution is 5.89. The lowest BCUT2D eigenvalue weighted by Gasteiger charge is -2.06. The molecule has 1 aromatic heterocycles. The molecule has 0 atom stereocenters. The third kappa shape index (κ3) is 3.15. The number of pyridine rings is 1. The van der Waals surface area contributed by atoms with E-state index < -0.39 is 5.97 Å². The number of aromatic carboxylic acids is 1. The van der Waals surface area contributed by atoms with Gasteiger partial charge in [0.15, 0.2) is 0 Å². The van der Waals surface area contributed by atoms with Crippen LogP contribution in [0.3, 0.4) is 0 Å². The number of benzene rings is 1. The largest absolute Gasteiger partial charge is 0.478 e. The van der Waals surface area contributed by atoms with Crippen LogP contribution in [0.2, 0.25) is 0 Å². The third-order valence-corrected chi connectivity index (χ3v) is 2.48. The van der Waals surface area contributed by atoms with E-state index in [1.807, 2.05) is 18.2 Å². The van der Waals surface area contributed by atoms with Gasteiger partial charge < -0.3 is 9.84 Å². The van der Waals surface area contributed by atoms with Gasteiger partial charge >= 0.3 is 5.97 Å². The molecule has 0 aliphatic heterocycles. The number of hydrogen-bond acceptors (Lipinski definition) is 3. The first-order valence-corrected chi connectivity index (χ1v) is 5.56. The maximum Gasteiger partial charge on any atom is 0.336 e. The van der Waals surface area contributed by atoms with Crippen LogP contribution in [0.5, 0.6) is 0 Å². The van der Waals surface area contributed by atoms with Gasteiger partial charge in [0.05, 0.1) is 24.5 Å². The standard InChI is InChI=1S/C14H13NO3/c16-14(17)13-7-2-1-5-11(13)9-18-10-12-6-3-4-8-15-12/h1-8H,9-10H2,(H,16,17). The van der Waals surface area contributed by atoms with Gasteiger partial charge in [0.2, 0.25) is 0 Å². The Morgan fingerprint density at radius 1 is 1.11 bits per heavy atom. The fourth-order valence-electron chi connectivity index (χ4n) is 1.60. The Labute approximate surface area is 105 Å². The van der Waals surface area contributed by atoms with Gasteiger partial charge in [0.1, 0.15) is 0 Å². The molecule has 2 rings (SSSR count). The van der Waals surface area contributed by atoms with Gasteiger partial charge in [-0.25, -0.2) is 4.79 Å². The molecule has 0 saturated carbocycles. The van der Waals surface area contributed by atoms with Gasteiger partial charge in [-0.15, -0.1) is 0 Å². The normalized spacial score (nSPS) is 10.2. The highest BCUT2D eigenvalue weighted by Gasteiger charge is 2.08. The molecule has 0 radical (unpaired) electrons. The molecule has 0 spiro atoms. The molecule has 1 aromatic carbocycles. The third-order valence-electron chi connectivity index (χ3n) is 2.48. The van der Waals surface area contributed by atoms with Crippen molar-refractivity contribution in [1.29, 1.82) is 0 Å². The predicted molar refractivity (Wildman–Crippen MR) is 66.1 cm³/mol. The molecule has 4 nitrogen and oxygen atoms in total. The lowest BCUT2D eigenvalue weighted by atomic mass is 10.1. The molecule has 4 heteroatoms. The summed E-state index contributed by atoms with van der Waals surface area (Å²) in [4.78, 5) is 15.1. The Bertz CT molecular complexity index is 526.